The van der Waals surface area contributed by atoms with Crippen LogP contribution in [0.1, 0.15) is 15.2 Å². The molecular formula is C6H8N2OS. The highest BCUT2D eigenvalue weighted by Gasteiger charge is 2.06. The Bertz CT molecular complexity index is 244. The third-order valence-corrected chi connectivity index (χ3v) is 2.21. The maximum Gasteiger partial charge on any atom is 0.275 e. The molecule has 1 heterocycles. The molecule has 0 saturated heterocycles. The molecule has 0 spiro atoms. The molecule has 3 N–H and O–H groups in total. The summed E-state index contributed by atoms with van der Waals surface area (Å²) in [4.78, 5) is 11.6. The van der Waals surface area contributed by atoms with E-state index in [4.69, 9.17) is 5.84 Å². The van der Waals surface area contributed by atoms with Gasteiger partial charge in [-0.25, -0.2) is 5.84 Å². The molecular weight excluding hydrogens is 148 g/mol. The van der Waals surface area contributed by atoms with Crippen molar-refractivity contribution in [2.24, 2.45) is 5.84 Å². The van der Waals surface area contributed by atoms with Crippen LogP contribution in [0.4, 0.5) is 0 Å². The zero-order valence-electron chi connectivity index (χ0n) is 5.55. The van der Waals surface area contributed by atoms with Crippen LogP contribution < -0.4 is 11.3 Å². The molecule has 0 aromatic carbocycles. The van der Waals surface area contributed by atoms with Crippen LogP contribution in [-0.4, -0.2) is 5.91 Å². The Morgan fingerprint density at radius 1 is 1.80 bits per heavy atom. The summed E-state index contributed by atoms with van der Waals surface area (Å²) in [6.07, 6.45) is 0. The van der Waals surface area contributed by atoms with E-state index in [9.17, 15) is 4.79 Å². The molecule has 0 bridgehead atoms. The molecule has 1 aromatic rings. The van der Waals surface area contributed by atoms with Gasteiger partial charge >= 0.3 is 0 Å². The Morgan fingerprint density at radius 2 is 2.50 bits per heavy atom. The Hall–Kier alpha value is -0.870. The number of carbonyl (C=O) groups excluding carboxylic acids is 1. The average molecular weight is 156 g/mol. The molecule has 0 aliphatic rings. The number of nitrogens with two attached hydrogens (primary N) is 1. The number of carbonyl (C=O) groups is 1. The standard InChI is InChI=1S/C6H8N2OS/c1-4-2-3-10-5(4)6(9)8-7/h2-3H,7H2,1H3,(H,8,9). The zero-order chi connectivity index (χ0) is 7.56. The van der Waals surface area contributed by atoms with Crippen molar-refractivity contribution in [3.8, 4) is 0 Å². The van der Waals surface area contributed by atoms with Gasteiger partial charge in [-0.1, -0.05) is 0 Å². The lowest BCUT2D eigenvalue weighted by Crippen LogP contribution is -2.29. The highest BCUT2D eigenvalue weighted by atomic mass is 32.1. The summed E-state index contributed by atoms with van der Waals surface area (Å²) in [5.74, 6) is 4.72. The molecule has 1 rings (SSSR count). The monoisotopic (exact) mass is 156 g/mol. The first kappa shape index (κ1) is 7.24. The lowest BCUT2D eigenvalue weighted by atomic mass is 10.3. The summed E-state index contributed by atoms with van der Waals surface area (Å²) < 4.78 is 0. The number of thiophene rings is 1. The predicted octanol–water partition coefficient (Wildman–Crippen LogP) is 0.660. The van der Waals surface area contributed by atoms with E-state index in [2.05, 4.69) is 5.43 Å². The summed E-state index contributed by atoms with van der Waals surface area (Å²) in [6.45, 7) is 1.88. The summed E-state index contributed by atoms with van der Waals surface area (Å²) in [6, 6.07) is 1.88. The fourth-order valence-electron chi connectivity index (χ4n) is 0.671. The number of aryl methyl sites for hydroxylation is 1. The first-order chi connectivity index (χ1) is 4.75. The number of hydrazine groups is 1. The maximum atomic E-state index is 10.9. The van der Waals surface area contributed by atoms with Gasteiger partial charge in [0.15, 0.2) is 0 Å². The largest absolute Gasteiger partial charge is 0.289 e. The van der Waals surface area contributed by atoms with E-state index in [1.54, 1.807) is 0 Å². The van der Waals surface area contributed by atoms with E-state index in [0.29, 0.717) is 4.88 Å². The van der Waals surface area contributed by atoms with Gasteiger partial charge in [0.05, 0.1) is 4.88 Å². The SMILES string of the molecule is Cc1ccsc1C(=O)NN. The van der Waals surface area contributed by atoms with Gasteiger partial charge < -0.3 is 0 Å². The summed E-state index contributed by atoms with van der Waals surface area (Å²) >= 11 is 1.39. The molecule has 4 heteroatoms. The number of hydrogen-bond acceptors (Lipinski definition) is 3. The minimum absolute atomic E-state index is 0.215. The van der Waals surface area contributed by atoms with E-state index in [-0.39, 0.29) is 5.91 Å². The van der Waals surface area contributed by atoms with Crippen LogP contribution in [0.15, 0.2) is 11.4 Å². The molecule has 0 saturated carbocycles. The number of nitrogens with one attached hydrogen (secondary N) is 1. The molecule has 10 heavy (non-hydrogen) atoms. The molecule has 0 aliphatic carbocycles. The molecule has 0 fully saturated rings. The van der Waals surface area contributed by atoms with Crippen molar-refractivity contribution in [3.63, 3.8) is 0 Å². The van der Waals surface area contributed by atoms with Gasteiger partial charge in [-0.3, -0.25) is 10.2 Å². The lowest BCUT2D eigenvalue weighted by Gasteiger charge is -1.94. The minimum atomic E-state index is -0.215. The number of hydrogen-bond donors (Lipinski definition) is 2. The minimum Gasteiger partial charge on any atom is -0.289 e. The van der Waals surface area contributed by atoms with Gasteiger partial charge in [0.1, 0.15) is 0 Å². The van der Waals surface area contributed by atoms with Crippen molar-refractivity contribution >= 4 is 17.2 Å². The van der Waals surface area contributed by atoms with Crippen molar-refractivity contribution < 1.29 is 4.79 Å². The van der Waals surface area contributed by atoms with Gasteiger partial charge in [0, 0.05) is 0 Å². The van der Waals surface area contributed by atoms with Crippen molar-refractivity contribution in [1.29, 1.82) is 0 Å². The summed E-state index contributed by atoms with van der Waals surface area (Å²) in [5, 5.41) is 1.86. The second-order valence-electron chi connectivity index (χ2n) is 1.91. The van der Waals surface area contributed by atoms with Gasteiger partial charge in [0.2, 0.25) is 0 Å². The molecule has 1 aromatic heterocycles. The predicted molar refractivity (Wildman–Crippen MR) is 40.7 cm³/mol. The second-order valence-corrected chi connectivity index (χ2v) is 2.82. The van der Waals surface area contributed by atoms with Crippen molar-refractivity contribution in [1.82, 2.24) is 5.43 Å². The van der Waals surface area contributed by atoms with Gasteiger partial charge in [-0.15, -0.1) is 11.3 Å². The van der Waals surface area contributed by atoms with Gasteiger partial charge in [-0.2, -0.15) is 0 Å². The van der Waals surface area contributed by atoms with E-state index >= 15 is 0 Å². The van der Waals surface area contributed by atoms with Gasteiger partial charge in [0.25, 0.3) is 5.91 Å². The highest BCUT2D eigenvalue weighted by Crippen LogP contribution is 2.14. The molecule has 0 aliphatic heterocycles. The highest BCUT2D eigenvalue weighted by molar-refractivity contribution is 7.12. The molecule has 54 valence electrons. The third-order valence-electron chi connectivity index (χ3n) is 1.20. The van der Waals surface area contributed by atoms with Gasteiger partial charge in [-0.05, 0) is 23.9 Å². The van der Waals surface area contributed by atoms with Crippen molar-refractivity contribution in [3.05, 3.63) is 21.9 Å². The van der Waals surface area contributed by atoms with Crippen LogP contribution in [-0.2, 0) is 0 Å². The van der Waals surface area contributed by atoms with Crippen LogP contribution in [0.5, 0.6) is 0 Å². The van der Waals surface area contributed by atoms with Crippen molar-refractivity contribution in [2.45, 2.75) is 6.92 Å². The van der Waals surface area contributed by atoms with Crippen LogP contribution in [0.3, 0.4) is 0 Å². The number of nitrogen functional groups attached to an aromatic ring is 1. The average Bonchev–Trinajstić information content (AvgIpc) is 2.34. The van der Waals surface area contributed by atoms with Crippen LogP contribution >= 0.6 is 11.3 Å². The van der Waals surface area contributed by atoms with E-state index in [0.717, 1.165) is 5.56 Å². The van der Waals surface area contributed by atoms with Crippen LogP contribution in [0, 0.1) is 6.92 Å². The molecule has 1 amide bonds. The topological polar surface area (TPSA) is 55.1 Å². The van der Waals surface area contributed by atoms with Crippen LogP contribution in [0.2, 0.25) is 0 Å². The Balaban J connectivity index is 2.93. The Labute approximate surface area is 62.8 Å². The molecule has 0 atom stereocenters. The third kappa shape index (κ3) is 1.17. The first-order valence-electron chi connectivity index (χ1n) is 2.80. The normalized spacial score (nSPS) is 9.40. The van der Waals surface area contributed by atoms with E-state index in [1.807, 2.05) is 18.4 Å². The molecule has 3 nitrogen and oxygen atoms in total. The molecule has 0 unspecified atom stereocenters. The lowest BCUT2D eigenvalue weighted by molar-refractivity contribution is 0.0957. The van der Waals surface area contributed by atoms with Crippen LogP contribution in [0.25, 0.3) is 0 Å². The fraction of sp³-hybridized carbons (Fsp3) is 0.167. The quantitative estimate of drug-likeness (QED) is 0.356. The number of rotatable bonds is 1. The fourth-order valence-corrected chi connectivity index (χ4v) is 1.50. The Morgan fingerprint density at radius 3 is 2.90 bits per heavy atom. The summed E-state index contributed by atoms with van der Waals surface area (Å²) in [7, 11) is 0. The first-order valence-corrected chi connectivity index (χ1v) is 3.68. The maximum absolute atomic E-state index is 10.9. The van der Waals surface area contributed by atoms with Crippen molar-refractivity contribution in [2.75, 3.05) is 0 Å². The Kier molecular flexibility index (Phi) is 2.03. The smallest absolute Gasteiger partial charge is 0.275 e. The molecule has 0 radical (unpaired) electrons. The zero-order valence-corrected chi connectivity index (χ0v) is 6.37. The second kappa shape index (κ2) is 2.81. The summed E-state index contributed by atoms with van der Waals surface area (Å²) in [5.41, 5.74) is 3.05. The van der Waals surface area contributed by atoms with E-state index < -0.39 is 0 Å². The number of amides is 1. The van der Waals surface area contributed by atoms with E-state index in [1.165, 1.54) is 11.3 Å².